The minimum Gasteiger partial charge on any atom is -0.497 e. The number of rotatable bonds is 7. The molecule has 0 aromatic heterocycles. The van der Waals surface area contributed by atoms with E-state index in [0.29, 0.717) is 31.4 Å². The number of nitrogens with one attached hydrogen (secondary N) is 3. The SMILES string of the molecule is COc1ccc(C(=O)O[C@@H]2C[C@H]3C(=O)N[C@]4(C(=O)NS(=O)(=O)C5(C)CC5)C[C@H]4/C=C\CC[C@@H](C)C[C@@H](C)[C@H](NC(=O)OC(C)(C)C)C(=O)N3C2)cc1. The van der Waals surface area contributed by atoms with Gasteiger partial charge in [-0.1, -0.05) is 26.0 Å². The Morgan fingerprint density at radius 2 is 1.71 bits per heavy atom. The summed E-state index contributed by atoms with van der Waals surface area (Å²) < 4.78 is 43.9. The van der Waals surface area contributed by atoms with Gasteiger partial charge in [-0.25, -0.2) is 18.0 Å². The fourth-order valence-electron chi connectivity index (χ4n) is 6.98. The van der Waals surface area contributed by atoms with Crippen molar-refractivity contribution in [1.29, 1.82) is 0 Å². The van der Waals surface area contributed by atoms with Gasteiger partial charge >= 0.3 is 12.1 Å². The van der Waals surface area contributed by atoms with E-state index in [4.69, 9.17) is 14.2 Å². The van der Waals surface area contributed by atoms with Crippen LogP contribution in [0, 0.1) is 17.8 Å². The molecule has 0 radical (unpaired) electrons. The van der Waals surface area contributed by atoms with Crippen molar-refractivity contribution < 1.29 is 46.6 Å². The molecule has 3 fully saturated rings. The molecule has 4 amide bonds. The Morgan fingerprint density at radius 3 is 2.33 bits per heavy atom. The zero-order valence-electron chi connectivity index (χ0n) is 31.0. The normalized spacial score (nSPS) is 30.9. The number of carbonyl (C=O) groups is 5. The summed E-state index contributed by atoms with van der Waals surface area (Å²) >= 11 is 0. The summed E-state index contributed by atoms with van der Waals surface area (Å²) in [5.74, 6) is -2.97. The van der Waals surface area contributed by atoms with Crippen molar-refractivity contribution >= 4 is 39.8 Å². The molecule has 0 unspecified atom stereocenters. The summed E-state index contributed by atoms with van der Waals surface area (Å²) in [6.45, 7) is 10.4. The average molecular weight is 745 g/mol. The first kappa shape index (κ1) is 39.1. The molecule has 2 aliphatic carbocycles. The number of amides is 4. The molecular formula is C37H52N4O10S. The summed E-state index contributed by atoms with van der Waals surface area (Å²) in [6.07, 6.45) is 4.92. The molecule has 0 bridgehead atoms. The third kappa shape index (κ3) is 8.72. The first-order valence-corrected chi connectivity index (χ1v) is 19.5. The highest BCUT2D eigenvalue weighted by atomic mass is 32.2. The number of esters is 1. The van der Waals surface area contributed by atoms with Crippen LogP contribution in [0.2, 0.25) is 0 Å². The van der Waals surface area contributed by atoms with E-state index in [1.54, 1.807) is 39.8 Å². The fourth-order valence-corrected chi connectivity index (χ4v) is 8.29. The minimum atomic E-state index is -4.01. The largest absolute Gasteiger partial charge is 0.497 e. The Balaban J connectivity index is 1.47. The van der Waals surface area contributed by atoms with Crippen LogP contribution in [-0.2, 0) is 33.9 Å². The van der Waals surface area contributed by atoms with Gasteiger partial charge in [0.25, 0.3) is 5.91 Å². The van der Waals surface area contributed by atoms with E-state index in [1.165, 1.54) is 24.1 Å². The van der Waals surface area contributed by atoms with Gasteiger partial charge in [-0.15, -0.1) is 0 Å². The molecule has 2 heterocycles. The molecule has 5 rings (SSSR count). The van der Waals surface area contributed by atoms with Crippen LogP contribution in [0.1, 0.15) is 96.8 Å². The first-order valence-electron chi connectivity index (χ1n) is 18.0. The number of methoxy groups -OCH3 is 1. The predicted octanol–water partition coefficient (Wildman–Crippen LogP) is 3.60. The Labute approximate surface area is 305 Å². The molecule has 0 spiro atoms. The van der Waals surface area contributed by atoms with Crippen LogP contribution in [0.4, 0.5) is 4.79 Å². The molecule has 14 nitrogen and oxygen atoms in total. The lowest BCUT2D eigenvalue weighted by molar-refractivity contribution is -0.142. The standard InChI is InChI=1S/C37H52N4O10S/c1-22-10-8-9-11-25-20-37(25,33(45)40-52(47,48)36(6)16-17-36)39-30(42)28-19-27(50-32(44)24-12-14-26(49-7)15-13-24)21-41(28)31(43)29(23(2)18-22)38-34(46)51-35(3,4)5/h9,11-15,22-23,25,27-29H,8,10,16-21H2,1-7H3,(H,38,46)(H,39,42)(H,40,45)/b11-9-/t22-,23-,25-,27-,28+,29+,37-/m1/s1. The Hall–Kier alpha value is -4.14. The highest BCUT2D eigenvalue weighted by molar-refractivity contribution is 7.91. The molecule has 7 atom stereocenters. The lowest BCUT2D eigenvalue weighted by Crippen LogP contribution is -2.59. The van der Waals surface area contributed by atoms with Gasteiger partial charge in [0.05, 0.1) is 24.0 Å². The number of fused-ring (bicyclic) bond motifs is 2. The van der Waals surface area contributed by atoms with E-state index in [0.717, 1.165) is 6.42 Å². The highest BCUT2D eigenvalue weighted by Gasteiger charge is 2.63. The maximum atomic E-state index is 14.6. The fraction of sp³-hybridized carbons (Fsp3) is 0.649. The topological polar surface area (TPSA) is 187 Å². The third-order valence-electron chi connectivity index (χ3n) is 10.5. The van der Waals surface area contributed by atoms with E-state index >= 15 is 0 Å². The number of hydrogen-bond acceptors (Lipinski definition) is 10. The first-order chi connectivity index (χ1) is 24.3. The van der Waals surface area contributed by atoms with Gasteiger partial charge in [0.2, 0.25) is 21.8 Å². The molecule has 1 aromatic carbocycles. The van der Waals surface area contributed by atoms with Crippen LogP contribution >= 0.6 is 0 Å². The predicted molar refractivity (Wildman–Crippen MR) is 190 cm³/mol. The third-order valence-corrected chi connectivity index (χ3v) is 12.7. The van der Waals surface area contributed by atoms with Crippen LogP contribution in [0.3, 0.4) is 0 Å². The maximum Gasteiger partial charge on any atom is 0.408 e. The van der Waals surface area contributed by atoms with E-state index in [9.17, 15) is 32.4 Å². The molecule has 1 aromatic rings. The Morgan fingerprint density at radius 1 is 1.04 bits per heavy atom. The maximum absolute atomic E-state index is 14.6. The van der Waals surface area contributed by atoms with Crippen molar-refractivity contribution in [3.8, 4) is 5.75 Å². The van der Waals surface area contributed by atoms with Gasteiger partial charge < -0.3 is 29.7 Å². The lowest BCUT2D eigenvalue weighted by Gasteiger charge is -2.33. The minimum absolute atomic E-state index is 0.0992. The van der Waals surface area contributed by atoms with Gasteiger partial charge in [-0.05, 0) is 102 Å². The summed E-state index contributed by atoms with van der Waals surface area (Å²) in [5, 5.41) is 5.57. The van der Waals surface area contributed by atoms with E-state index in [1.807, 2.05) is 26.0 Å². The number of carbonyl (C=O) groups excluding carboxylic acids is 5. The number of benzene rings is 1. The average Bonchev–Trinajstić information content (AvgIpc) is 3.94. The molecular weight excluding hydrogens is 692 g/mol. The van der Waals surface area contributed by atoms with E-state index in [2.05, 4.69) is 15.4 Å². The summed E-state index contributed by atoms with van der Waals surface area (Å²) in [7, 11) is -2.51. The van der Waals surface area contributed by atoms with Crippen LogP contribution in [0.25, 0.3) is 0 Å². The molecule has 4 aliphatic rings. The van der Waals surface area contributed by atoms with Crippen molar-refractivity contribution in [2.24, 2.45) is 17.8 Å². The molecule has 1 saturated heterocycles. The monoisotopic (exact) mass is 744 g/mol. The quantitative estimate of drug-likeness (QED) is 0.275. The summed E-state index contributed by atoms with van der Waals surface area (Å²) in [4.78, 5) is 70.2. The van der Waals surface area contributed by atoms with Gasteiger partial charge in [0, 0.05) is 12.3 Å². The van der Waals surface area contributed by atoms with Gasteiger partial charge in [0.15, 0.2) is 0 Å². The smallest absolute Gasteiger partial charge is 0.408 e. The Bertz CT molecular complexity index is 1700. The van der Waals surface area contributed by atoms with Crippen LogP contribution in [-0.4, -0.2) is 90.8 Å². The highest BCUT2D eigenvalue weighted by Crippen LogP contribution is 2.47. The number of sulfonamides is 1. The van der Waals surface area contributed by atoms with Crippen molar-refractivity contribution in [2.75, 3.05) is 13.7 Å². The van der Waals surface area contributed by atoms with Crippen LogP contribution in [0.15, 0.2) is 36.4 Å². The van der Waals surface area contributed by atoms with Gasteiger partial charge in [-0.3, -0.25) is 19.1 Å². The summed E-state index contributed by atoms with van der Waals surface area (Å²) in [5.41, 5.74) is -2.17. The lowest BCUT2D eigenvalue weighted by atomic mass is 9.88. The van der Waals surface area contributed by atoms with Crippen molar-refractivity contribution in [2.45, 2.75) is 121 Å². The Kier molecular flexibility index (Phi) is 11.1. The summed E-state index contributed by atoms with van der Waals surface area (Å²) in [6, 6.07) is 3.98. The number of allylic oxidation sites excluding steroid dienone is 1. The van der Waals surface area contributed by atoms with Crippen LogP contribution in [0.5, 0.6) is 5.75 Å². The molecule has 15 heteroatoms. The number of nitrogens with zero attached hydrogens (tertiary/aromatic N) is 1. The van der Waals surface area contributed by atoms with Crippen molar-refractivity contribution in [1.82, 2.24) is 20.3 Å². The van der Waals surface area contributed by atoms with Gasteiger partial charge in [-0.2, -0.15) is 0 Å². The second-order valence-electron chi connectivity index (χ2n) is 16.1. The van der Waals surface area contributed by atoms with E-state index < -0.39 is 79.8 Å². The van der Waals surface area contributed by atoms with Crippen LogP contribution < -0.4 is 20.1 Å². The van der Waals surface area contributed by atoms with Gasteiger partial charge in [0.1, 0.15) is 35.1 Å². The number of ether oxygens (including phenoxy) is 3. The molecule has 2 aliphatic heterocycles. The second-order valence-corrected chi connectivity index (χ2v) is 18.3. The second kappa shape index (κ2) is 14.7. The molecule has 52 heavy (non-hydrogen) atoms. The molecule has 2 saturated carbocycles. The van der Waals surface area contributed by atoms with E-state index in [-0.39, 0.29) is 36.8 Å². The molecule has 286 valence electrons. The zero-order chi connectivity index (χ0) is 38.2. The number of hydrogen-bond donors (Lipinski definition) is 3. The van der Waals surface area contributed by atoms with Crippen molar-refractivity contribution in [3.63, 3.8) is 0 Å². The molecule has 3 N–H and O–H groups in total. The number of alkyl carbamates (subject to hydrolysis) is 1. The zero-order valence-corrected chi connectivity index (χ0v) is 31.8. The van der Waals surface area contributed by atoms with Crippen molar-refractivity contribution in [3.05, 3.63) is 42.0 Å².